The molecule has 1 aromatic heterocycles. The molecule has 0 amide bonds. The quantitative estimate of drug-likeness (QED) is 0.925. The molecule has 3 rings (SSSR count). The van der Waals surface area contributed by atoms with Gasteiger partial charge in [-0.05, 0) is 50.1 Å². The van der Waals surface area contributed by atoms with E-state index in [2.05, 4.69) is 31.4 Å². The zero-order valence-electron chi connectivity index (χ0n) is 10.1. The smallest absolute Gasteiger partial charge is 0.257 e. The highest BCUT2D eigenvalue weighted by atomic mass is 79.9. The lowest BCUT2D eigenvalue weighted by molar-refractivity contribution is 0.412. The highest BCUT2D eigenvalue weighted by Crippen LogP contribution is 2.26. The van der Waals surface area contributed by atoms with Crippen LogP contribution >= 0.6 is 15.9 Å². The molecule has 94 valence electrons. The molecule has 0 saturated carbocycles. The Morgan fingerprint density at radius 1 is 1.44 bits per heavy atom. The number of hydrogen-bond donors (Lipinski definition) is 1. The minimum absolute atomic E-state index is 0.249. The van der Waals surface area contributed by atoms with Crippen LogP contribution in [0.5, 0.6) is 0 Å². The molecule has 18 heavy (non-hydrogen) atoms. The van der Waals surface area contributed by atoms with Crippen molar-refractivity contribution in [1.29, 1.82) is 0 Å². The largest absolute Gasteiger partial charge is 0.334 e. The van der Waals surface area contributed by atoms with Crippen LogP contribution in [-0.4, -0.2) is 16.7 Å². The lowest BCUT2D eigenvalue weighted by Gasteiger charge is -2.02. The number of benzene rings is 1. The van der Waals surface area contributed by atoms with E-state index < -0.39 is 0 Å². The summed E-state index contributed by atoms with van der Waals surface area (Å²) in [5.74, 6) is 1.36. The molecule has 1 aliphatic rings. The van der Waals surface area contributed by atoms with E-state index in [0.717, 1.165) is 34.4 Å². The van der Waals surface area contributed by atoms with Gasteiger partial charge in [-0.15, -0.1) is 0 Å². The van der Waals surface area contributed by atoms with Crippen molar-refractivity contribution in [3.63, 3.8) is 0 Å². The number of halogens is 1. The van der Waals surface area contributed by atoms with E-state index in [0.29, 0.717) is 5.89 Å². The molecular weight excluding hydrogens is 294 g/mol. The maximum absolute atomic E-state index is 5.34. The molecule has 5 heteroatoms. The summed E-state index contributed by atoms with van der Waals surface area (Å²) in [5.41, 5.74) is 2.12. The molecule has 2 heterocycles. The number of nitrogens with one attached hydrogen (secondary N) is 1. The summed E-state index contributed by atoms with van der Waals surface area (Å²) in [6.07, 6.45) is 2.25. The van der Waals surface area contributed by atoms with E-state index in [1.54, 1.807) is 0 Å². The highest BCUT2D eigenvalue weighted by molar-refractivity contribution is 9.10. The van der Waals surface area contributed by atoms with Gasteiger partial charge in [0.1, 0.15) is 0 Å². The van der Waals surface area contributed by atoms with Gasteiger partial charge in [-0.3, -0.25) is 0 Å². The van der Waals surface area contributed by atoms with Gasteiger partial charge in [-0.25, -0.2) is 0 Å². The van der Waals surface area contributed by atoms with Gasteiger partial charge in [-0.2, -0.15) is 4.98 Å². The Labute approximate surface area is 114 Å². The van der Waals surface area contributed by atoms with Crippen LogP contribution < -0.4 is 5.32 Å². The summed E-state index contributed by atoms with van der Waals surface area (Å²) in [7, 11) is 0. The first kappa shape index (κ1) is 11.9. The van der Waals surface area contributed by atoms with Gasteiger partial charge in [0.05, 0.1) is 6.04 Å². The van der Waals surface area contributed by atoms with E-state index in [-0.39, 0.29) is 6.04 Å². The van der Waals surface area contributed by atoms with Crippen molar-refractivity contribution in [2.24, 2.45) is 0 Å². The topological polar surface area (TPSA) is 51.0 Å². The Morgan fingerprint density at radius 2 is 2.33 bits per heavy atom. The third-order valence-electron chi connectivity index (χ3n) is 3.22. The monoisotopic (exact) mass is 307 g/mol. The molecule has 1 aromatic carbocycles. The second-order valence-electron chi connectivity index (χ2n) is 4.57. The van der Waals surface area contributed by atoms with E-state index >= 15 is 0 Å². The van der Waals surface area contributed by atoms with E-state index in [9.17, 15) is 0 Å². The first-order chi connectivity index (χ1) is 8.74. The summed E-state index contributed by atoms with van der Waals surface area (Å²) in [5, 5.41) is 7.43. The Balaban J connectivity index is 1.89. The van der Waals surface area contributed by atoms with Gasteiger partial charge < -0.3 is 9.84 Å². The number of aromatic nitrogens is 2. The molecule has 1 unspecified atom stereocenters. The van der Waals surface area contributed by atoms with E-state index in [1.165, 1.54) is 6.42 Å². The molecule has 1 saturated heterocycles. The molecule has 1 fully saturated rings. The molecule has 0 radical (unpaired) electrons. The average molecular weight is 308 g/mol. The molecule has 1 atom stereocenters. The third-order valence-corrected chi connectivity index (χ3v) is 4.11. The Kier molecular flexibility index (Phi) is 3.18. The van der Waals surface area contributed by atoms with Crippen molar-refractivity contribution in [3.05, 3.63) is 34.1 Å². The summed E-state index contributed by atoms with van der Waals surface area (Å²) in [4.78, 5) is 4.48. The van der Waals surface area contributed by atoms with Crippen LogP contribution in [0.25, 0.3) is 11.5 Å². The second kappa shape index (κ2) is 4.82. The van der Waals surface area contributed by atoms with Crippen LogP contribution in [-0.2, 0) is 0 Å². The lowest BCUT2D eigenvalue weighted by atomic mass is 10.1. The molecule has 1 N–H and O–H groups in total. The predicted octanol–water partition coefficient (Wildman–Crippen LogP) is 3.23. The van der Waals surface area contributed by atoms with Crippen molar-refractivity contribution in [1.82, 2.24) is 15.5 Å². The minimum Gasteiger partial charge on any atom is -0.334 e. The zero-order valence-corrected chi connectivity index (χ0v) is 11.7. The highest BCUT2D eigenvalue weighted by Gasteiger charge is 2.22. The molecule has 0 bridgehead atoms. The van der Waals surface area contributed by atoms with Gasteiger partial charge in [0.15, 0.2) is 5.82 Å². The Bertz CT molecular complexity index is 561. The standard InChI is InChI=1S/C13H14BrN3O/c1-8-7-9(4-5-10(8)14)13-16-12(17-18-13)11-3-2-6-15-11/h4-5,7,11,15H,2-3,6H2,1H3. The Hall–Kier alpha value is -1.20. The first-order valence-electron chi connectivity index (χ1n) is 6.07. The number of aryl methyl sites for hydroxylation is 1. The maximum Gasteiger partial charge on any atom is 0.257 e. The van der Waals surface area contributed by atoms with Crippen LogP contribution in [0.4, 0.5) is 0 Å². The van der Waals surface area contributed by atoms with Gasteiger partial charge in [0.25, 0.3) is 5.89 Å². The van der Waals surface area contributed by atoms with Crippen LogP contribution in [0.15, 0.2) is 27.2 Å². The van der Waals surface area contributed by atoms with Gasteiger partial charge in [0.2, 0.25) is 0 Å². The maximum atomic E-state index is 5.34. The number of nitrogens with zero attached hydrogens (tertiary/aromatic N) is 2. The van der Waals surface area contributed by atoms with Crippen molar-refractivity contribution < 1.29 is 4.52 Å². The molecule has 0 aliphatic carbocycles. The van der Waals surface area contributed by atoms with Crippen molar-refractivity contribution in [2.75, 3.05) is 6.54 Å². The summed E-state index contributed by atoms with van der Waals surface area (Å²) >= 11 is 3.48. The first-order valence-corrected chi connectivity index (χ1v) is 6.87. The molecule has 4 nitrogen and oxygen atoms in total. The van der Waals surface area contributed by atoms with Gasteiger partial charge in [0, 0.05) is 10.0 Å². The molecule has 2 aromatic rings. The number of rotatable bonds is 2. The lowest BCUT2D eigenvalue weighted by Crippen LogP contribution is -2.14. The fraction of sp³-hybridized carbons (Fsp3) is 0.385. The minimum atomic E-state index is 0.249. The molecular formula is C13H14BrN3O. The summed E-state index contributed by atoms with van der Waals surface area (Å²) in [6, 6.07) is 6.28. The third kappa shape index (κ3) is 2.20. The van der Waals surface area contributed by atoms with Crippen LogP contribution in [0.3, 0.4) is 0 Å². The van der Waals surface area contributed by atoms with E-state index in [1.807, 2.05) is 25.1 Å². The SMILES string of the molecule is Cc1cc(-c2nc(C3CCCN3)no2)ccc1Br. The van der Waals surface area contributed by atoms with Crippen molar-refractivity contribution in [2.45, 2.75) is 25.8 Å². The fourth-order valence-electron chi connectivity index (χ4n) is 2.18. The van der Waals surface area contributed by atoms with Crippen LogP contribution in [0.1, 0.15) is 30.3 Å². The number of hydrogen-bond acceptors (Lipinski definition) is 4. The van der Waals surface area contributed by atoms with Crippen molar-refractivity contribution in [3.8, 4) is 11.5 Å². The van der Waals surface area contributed by atoms with Gasteiger partial charge >= 0.3 is 0 Å². The fourth-order valence-corrected chi connectivity index (χ4v) is 2.42. The predicted molar refractivity (Wildman–Crippen MR) is 72.1 cm³/mol. The van der Waals surface area contributed by atoms with Crippen LogP contribution in [0, 0.1) is 6.92 Å². The van der Waals surface area contributed by atoms with Gasteiger partial charge in [-0.1, -0.05) is 21.1 Å². The summed E-state index contributed by atoms with van der Waals surface area (Å²) in [6.45, 7) is 3.08. The van der Waals surface area contributed by atoms with Crippen molar-refractivity contribution >= 4 is 15.9 Å². The normalized spacial score (nSPS) is 19.3. The average Bonchev–Trinajstić information content (AvgIpc) is 3.01. The molecule has 0 spiro atoms. The zero-order chi connectivity index (χ0) is 12.5. The van der Waals surface area contributed by atoms with E-state index in [4.69, 9.17) is 4.52 Å². The van der Waals surface area contributed by atoms with Crippen LogP contribution in [0.2, 0.25) is 0 Å². The second-order valence-corrected chi connectivity index (χ2v) is 5.42. The summed E-state index contributed by atoms with van der Waals surface area (Å²) < 4.78 is 6.43. The Morgan fingerprint density at radius 3 is 3.06 bits per heavy atom. The molecule has 1 aliphatic heterocycles.